The molecule has 2 N–H and O–H groups in total. The molecule has 0 amide bonds. The molecule has 97 valence electrons. The van der Waals surface area contributed by atoms with E-state index < -0.39 is 0 Å². The van der Waals surface area contributed by atoms with E-state index in [0.29, 0.717) is 15.2 Å². The van der Waals surface area contributed by atoms with Crippen LogP contribution < -0.4 is 10.6 Å². The van der Waals surface area contributed by atoms with Crippen LogP contribution in [0.3, 0.4) is 0 Å². The molecule has 0 heterocycles. The summed E-state index contributed by atoms with van der Waals surface area (Å²) in [6, 6.07) is 8.26. The fourth-order valence-electron chi connectivity index (χ4n) is 1.51. The molecule has 0 aliphatic heterocycles. The zero-order valence-electron chi connectivity index (χ0n) is 9.88. The Kier molecular flexibility index (Phi) is 6.99. The summed E-state index contributed by atoms with van der Waals surface area (Å²) in [6.07, 6.45) is 2.05. The summed E-state index contributed by atoms with van der Waals surface area (Å²) in [4.78, 5) is 0. The molecule has 0 bridgehead atoms. The first-order valence-electron chi connectivity index (χ1n) is 5.38. The van der Waals surface area contributed by atoms with Gasteiger partial charge in [0.1, 0.15) is 8.64 Å². The Morgan fingerprint density at radius 2 is 1.83 bits per heavy atom. The lowest BCUT2D eigenvalue weighted by molar-refractivity contribution is 0.637. The summed E-state index contributed by atoms with van der Waals surface area (Å²) < 4.78 is 0.920. The van der Waals surface area contributed by atoms with Gasteiger partial charge in [-0.2, -0.15) is 0 Å². The highest BCUT2D eigenvalue weighted by molar-refractivity contribution is 8.11. The average Bonchev–Trinajstić information content (AvgIpc) is 2.34. The van der Waals surface area contributed by atoms with Gasteiger partial charge in [0.25, 0.3) is 0 Å². The van der Waals surface area contributed by atoms with Gasteiger partial charge in [0.15, 0.2) is 0 Å². The molecule has 18 heavy (non-hydrogen) atoms. The van der Waals surface area contributed by atoms with Gasteiger partial charge in [-0.3, -0.25) is 0 Å². The fourth-order valence-corrected chi connectivity index (χ4v) is 1.98. The second-order valence-electron chi connectivity index (χ2n) is 3.64. The lowest BCUT2D eigenvalue weighted by atomic mass is 10.0. The first kappa shape index (κ1) is 15.8. The second-order valence-corrected chi connectivity index (χ2v) is 5.96. The Bertz CT molecular complexity index is 417. The van der Waals surface area contributed by atoms with Crippen LogP contribution in [0.2, 0.25) is 0 Å². The van der Waals surface area contributed by atoms with Crippen molar-refractivity contribution < 1.29 is 0 Å². The van der Waals surface area contributed by atoms with Crippen LogP contribution in [0, 0.1) is 6.42 Å². The lowest BCUT2D eigenvalue weighted by Crippen LogP contribution is -2.33. The van der Waals surface area contributed by atoms with Crippen LogP contribution in [0.4, 0.5) is 0 Å². The minimum Gasteiger partial charge on any atom is -0.369 e. The summed E-state index contributed by atoms with van der Waals surface area (Å²) in [5.74, 6) is 0. The molecule has 0 spiro atoms. The number of rotatable bonds is 5. The van der Waals surface area contributed by atoms with Gasteiger partial charge >= 0.3 is 0 Å². The molecule has 0 aliphatic carbocycles. The van der Waals surface area contributed by atoms with E-state index in [1.165, 1.54) is 5.56 Å². The maximum Gasteiger partial charge on any atom is 0.131 e. The molecule has 1 radical (unpaired) electrons. The van der Waals surface area contributed by atoms with Crippen LogP contribution in [0.1, 0.15) is 24.1 Å². The predicted octanol–water partition coefficient (Wildman–Crippen LogP) is 2.91. The maximum absolute atomic E-state index is 4.97. The quantitative estimate of drug-likeness (QED) is 0.496. The molecular weight excluding hydrogens is 300 g/mol. The summed E-state index contributed by atoms with van der Waals surface area (Å²) in [5, 5.41) is 6.13. The number of thiocarbonyl (C=S) groups is 2. The van der Waals surface area contributed by atoms with Crippen molar-refractivity contribution in [2.24, 2.45) is 0 Å². The topological polar surface area (TPSA) is 24.1 Å². The third-order valence-corrected chi connectivity index (χ3v) is 2.98. The van der Waals surface area contributed by atoms with Crippen LogP contribution in [-0.4, -0.2) is 15.2 Å². The molecule has 0 saturated carbocycles. The van der Waals surface area contributed by atoms with Gasteiger partial charge in [-0.15, -0.1) is 25.3 Å². The first-order valence-corrected chi connectivity index (χ1v) is 7.09. The third-order valence-electron chi connectivity index (χ3n) is 2.43. The molecule has 0 aliphatic rings. The number of nitrogens with one attached hydrogen (secondary N) is 2. The monoisotopic (exact) mass is 315 g/mol. The van der Waals surface area contributed by atoms with Crippen LogP contribution in [0.5, 0.6) is 0 Å². The minimum absolute atomic E-state index is 0.0195. The average molecular weight is 316 g/mol. The summed E-state index contributed by atoms with van der Waals surface area (Å²) >= 11 is 18.0. The molecule has 6 heteroatoms. The van der Waals surface area contributed by atoms with E-state index in [2.05, 4.69) is 66.6 Å². The second kappa shape index (κ2) is 7.99. The van der Waals surface area contributed by atoms with E-state index in [1.54, 1.807) is 0 Å². The largest absolute Gasteiger partial charge is 0.369 e. The van der Waals surface area contributed by atoms with Crippen molar-refractivity contribution in [1.82, 2.24) is 10.6 Å². The van der Waals surface area contributed by atoms with Gasteiger partial charge in [0, 0.05) is 6.54 Å². The van der Waals surface area contributed by atoms with E-state index in [4.69, 9.17) is 24.4 Å². The van der Waals surface area contributed by atoms with E-state index in [1.807, 2.05) is 6.92 Å². The van der Waals surface area contributed by atoms with E-state index in [9.17, 15) is 0 Å². The smallest absolute Gasteiger partial charge is 0.131 e. The van der Waals surface area contributed by atoms with Crippen molar-refractivity contribution in [2.75, 3.05) is 6.54 Å². The Balaban J connectivity index is 2.79. The predicted molar refractivity (Wildman–Crippen MR) is 92.6 cm³/mol. The highest BCUT2D eigenvalue weighted by atomic mass is 32.1. The summed E-state index contributed by atoms with van der Waals surface area (Å²) in [5.41, 5.74) is 2.30. The highest BCUT2D eigenvalue weighted by Gasteiger charge is 2.11. The Labute approximate surface area is 130 Å². The highest BCUT2D eigenvalue weighted by Crippen LogP contribution is 2.15. The van der Waals surface area contributed by atoms with Crippen molar-refractivity contribution >= 4 is 58.3 Å². The van der Waals surface area contributed by atoms with Gasteiger partial charge in [0.05, 0.1) is 6.04 Å². The van der Waals surface area contributed by atoms with Crippen molar-refractivity contribution in [1.29, 1.82) is 0 Å². The van der Waals surface area contributed by atoms with Crippen LogP contribution in [0.15, 0.2) is 24.3 Å². The van der Waals surface area contributed by atoms with Crippen molar-refractivity contribution in [2.45, 2.75) is 13.0 Å². The maximum atomic E-state index is 4.97. The number of benzene rings is 1. The molecule has 1 aromatic carbocycles. The fraction of sp³-hybridized carbons (Fsp3) is 0.250. The van der Waals surface area contributed by atoms with Crippen molar-refractivity contribution in [3.8, 4) is 0 Å². The van der Waals surface area contributed by atoms with Gasteiger partial charge < -0.3 is 10.6 Å². The van der Waals surface area contributed by atoms with Gasteiger partial charge in [-0.25, -0.2) is 0 Å². The molecule has 0 fully saturated rings. The van der Waals surface area contributed by atoms with Gasteiger partial charge in [-0.1, -0.05) is 55.6 Å². The molecule has 1 aromatic rings. The summed E-state index contributed by atoms with van der Waals surface area (Å²) in [6.45, 7) is 2.62. The molecular formula is C12H15N2S4. The van der Waals surface area contributed by atoms with Crippen LogP contribution >= 0.6 is 49.7 Å². The van der Waals surface area contributed by atoms with Gasteiger partial charge in [-0.05, 0) is 17.5 Å². The lowest BCUT2D eigenvalue weighted by Gasteiger charge is -2.20. The number of hydrogen-bond acceptors (Lipinski definition) is 2. The van der Waals surface area contributed by atoms with E-state index in [-0.39, 0.29) is 6.04 Å². The van der Waals surface area contributed by atoms with E-state index in [0.717, 1.165) is 5.56 Å². The van der Waals surface area contributed by atoms with Crippen molar-refractivity contribution in [3.05, 3.63) is 41.8 Å². The molecule has 1 rings (SSSR count). The van der Waals surface area contributed by atoms with Crippen molar-refractivity contribution in [3.63, 3.8) is 0 Å². The standard InChI is InChI=1S/C12H15N2S4/c1-2-8-3-5-9(6-4-8)10(14-12(17)18)7-13-11(15)16/h2-6,10H,7H2,1H3,(H2,13,15,16)(H2,14,17,18). The van der Waals surface area contributed by atoms with Crippen LogP contribution in [-0.2, 0) is 0 Å². The SMILES string of the molecule is C[CH]c1ccc(C(CNC(=S)S)NC(=S)S)cc1. The zero-order chi connectivity index (χ0) is 13.5. The normalized spacial score (nSPS) is 11.7. The molecule has 1 unspecified atom stereocenters. The van der Waals surface area contributed by atoms with Crippen LogP contribution in [0.25, 0.3) is 0 Å². The Hall–Kier alpha value is -0.300. The molecule has 2 nitrogen and oxygen atoms in total. The third kappa shape index (κ3) is 5.56. The Morgan fingerprint density at radius 3 is 2.28 bits per heavy atom. The first-order chi connectivity index (χ1) is 8.52. The summed E-state index contributed by atoms with van der Waals surface area (Å²) in [7, 11) is 0. The molecule has 1 atom stereocenters. The Morgan fingerprint density at radius 1 is 1.22 bits per heavy atom. The molecule has 0 aromatic heterocycles. The number of hydrogen-bond donors (Lipinski definition) is 4. The van der Waals surface area contributed by atoms with Gasteiger partial charge in [0.2, 0.25) is 0 Å². The molecule has 0 saturated heterocycles. The van der Waals surface area contributed by atoms with E-state index >= 15 is 0 Å². The minimum atomic E-state index is 0.0195. The zero-order valence-corrected chi connectivity index (χ0v) is 13.3. The number of thiol groups is 2.